The standard InChI is InChI=1S/C10H13O2/c1-10(2,3)8-6-7(11)4-5-9(8)12/h4-6,11H,1-3H3/p-1. The Kier molecular flexibility index (Phi) is 2.01. The van der Waals surface area contributed by atoms with Gasteiger partial charge in [0.25, 0.3) is 0 Å². The van der Waals surface area contributed by atoms with Crippen LogP contribution in [0.1, 0.15) is 26.3 Å². The molecule has 1 rings (SSSR count). The van der Waals surface area contributed by atoms with Gasteiger partial charge in [0.2, 0.25) is 0 Å². The van der Waals surface area contributed by atoms with Crippen molar-refractivity contribution in [3.05, 3.63) is 23.8 Å². The minimum atomic E-state index is -0.239. The zero-order chi connectivity index (χ0) is 9.35. The van der Waals surface area contributed by atoms with Gasteiger partial charge in [0, 0.05) is 5.56 Å². The van der Waals surface area contributed by atoms with E-state index in [4.69, 9.17) is 0 Å². The van der Waals surface area contributed by atoms with Crippen molar-refractivity contribution in [1.82, 2.24) is 0 Å². The average molecular weight is 164 g/mol. The van der Waals surface area contributed by atoms with E-state index in [1.807, 2.05) is 20.8 Å². The van der Waals surface area contributed by atoms with Crippen molar-refractivity contribution in [3.8, 4) is 11.5 Å². The van der Waals surface area contributed by atoms with Crippen molar-refractivity contribution in [2.45, 2.75) is 26.2 Å². The smallest absolute Gasteiger partial charge is 0.182 e. The molecule has 0 aliphatic carbocycles. The minimum Gasteiger partial charge on any atom is -0.872 e. The Bertz CT molecular complexity index is 284. The van der Waals surface area contributed by atoms with Gasteiger partial charge in [-0.2, -0.15) is 0 Å². The van der Waals surface area contributed by atoms with E-state index in [-0.39, 0.29) is 16.9 Å². The fourth-order valence-corrected chi connectivity index (χ4v) is 1.10. The molecule has 0 spiro atoms. The van der Waals surface area contributed by atoms with Crippen LogP contribution >= 0.6 is 0 Å². The van der Waals surface area contributed by atoms with E-state index in [9.17, 15) is 10.2 Å². The van der Waals surface area contributed by atoms with Gasteiger partial charge in [0.05, 0.1) is 0 Å². The maximum atomic E-state index is 11.3. The lowest BCUT2D eigenvalue weighted by molar-refractivity contribution is -0.268. The first kappa shape index (κ1) is 8.91. The molecule has 0 atom stereocenters. The van der Waals surface area contributed by atoms with Gasteiger partial charge in [-0.05, 0) is 11.5 Å². The van der Waals surface area contributed by atoms with Crippen LogP contribution in [0.5, 0.6) is 11.5 Å². The monoisotopic (exact) mass is 164 g/mol. The molecule has 0 saturated heterocycles. The molecule has 1 aromatic carbocycles. The van der Waals surface area contributed by atoms with Gasteiger partial charge in [0.15, 0.2) is 5.75 Å². The van der Waals surface area contributed by atoms with Gasteiger partial charge in [-0.3, -0.25) is 5.11 Å². The normalized spacial score (nSPS) is 11.6. The Morgan fingerprint density at radius 3 is 2.25 bits per heavy atom. The Labute approximate surface area is 72.5 Å². The number of benzene rings is 1. The zero-order valence-electron chi connectivity index (χ0n) is 7.55. The van der Waals surface area contributed by atoms with E-state index in [0.717, 1.165) is 0 Å². The van der Waals surface area contributed by atoms with Crippen LogP contribution in [0.25, 0.3) is 0 Å². The molecule has 0 aliphatic heterocycles. The van der Waals surface area contributed by atoms with Crippen LogP contribution in [-0.4, -0.2) is 0 Å². The summed E-state index contributed by atoms with van der Waals surface area (Å²) in [6.45, 7) is 5.76. The van der Waals surface area contributed by atoms with Crippen molar-refractivity contribution >= 4 is 0 Å². The summed E-state index contributed by atoms with van der Waals surface area (Å²) >= 11 is 0. The van der Waals surface area contributed by atoms with Gasteiger partial charge in [-0.1, -0.05) is 32.9 Å². The molecule has 0 aromatic heterocycles. The number of hydrogen-bond acceptors (Lipinski definition) is 1. The Hall–Kier alpha value is -1.18. The maximum absolute atomic E-state index is 11.3. The molecule has 2 heteroatoms. The van der Waals surface area contributed by atoms with Crippen molar-refractivity contribution in [2.24, 2.45) is 0 Å². The fourth-order valence-electron chi connectivity index (χ4n) is 1.10. The first-order valence-electron chi connectivity index (χ1n) is 3.90. The largest absolute Gasteiger partial charge is 0.872 e. The van der Waals surface area contributed by atoms with Crippen LogP contribution in [0.4, 0.5) is 0 Å². The molecule has 2 nitrogen and oxygen atoms in total. The second-order valence-corrected chi connectivity index (χ2v) is 3.91. The van der Waals surface area contributed by atoms with Crippen molar-refractivity contribution in [2.75, 3.05) is 0 Å². The Morgan fingerprint density at radius 1 is 1.25 bits per heavy atom. The molecule has 0 bridgehead atoms. The fraction of sp³-hybridized carbons (Fsp3) is 0.400. The highest BCUT2D eigenvalue weighted by Gasteiger charge is 2.17. The topological polar surface area (TPSA) is 43.0 Å². The molecule has 0 N–H and O–H groups in total. The lowest BCUT2D eigenvalue weighted by atomic mass is 9.86. The molecule has 0 fully saturated rings. The van der Waals surface area contributed by atoms with Crippen LogP contribution in [-0.2, 0) is 10.5 Å². The molecule has 0 heterocycles. The molecule has 65 valence electrons. The average Bonchev–Trinajstić information content (AvgIpc) is 1.92. The molecular weight excluding hydrogens is 152 g/mol. The van der Waals surface area contributed by atoms with E-state index in [2.05, 4.69) is 0 Å². The third-order valence-electron chi connectivity index (χ3n) is 1.76. The lowest BCUT2D eigenvalue weighted by Gasteiger charge is -2.21. The summed E-state index contributed by atoms with van der Waals surface area (Å²) in [5, 5.41) is 22.2. The van der Waals surface area contributed by atoms with Crippen LogP contribution in [0.15, 0.2) is 18.2 Å². The van der Waals surface area contributed by atoms with Crippen molar-refractivity contribution < 1.29 is 10.2 Å². The molecule has 12 heavy (non-hydrogen) atoms. The molecule has 0 unspecified atom stereocenters. The Morgan fingerprint density at radius 2 is 1.83 bits per heavy atom. The van der Waals surface area contributed by atoms with Gasteiger partial charge < -0.3 is 5.11 Å². The molecular formula is C10H12O2-. The lowest BCUT2D eigenvalue weighted by Crippen LogP contribution is -2.11. The quantitative estimate of drug-likeness (QED) is 0.579. The predicted octanol–water partition coefficient (Wildman–Crippen LogP) is 2.20. The third kappa shape index (κ3) is 1.70. The summed E-state index contributed by atoms with van der Waals surface area (Å²) in [6, 6.07) is 4.06. The van der Waals surface area contributed by atoms with Crippen LogP contribution in [0.2, 0.25) is 0 Å². The Balaban J connectivity index is 3.23. The highest BCUT2D eigenvalue weighted by atomic mass is 16.3. The van der Waals surface area contributed by atoms with Gasteiger partial charge >= 0.3 is 0 Å². The third-order valence-corrected chi connectivity index (χ3v) is 1.76. The van der Waals surface area contributed by atoms with Crippen LogP contribution in [0, 0.1) is 0 Å². The highest BCUT2D eigenvalue weighted by molar-refractivity contribution is 5.41. The zero-order valence-corrected chi connectivity index (χ0v) is 7.55. The molecule has 1 aromatic rings. The van der Waals surface area contributed by atoms with Crippen LogP contribution in [0.3, 0.4) is 0 Å². The van der Waals surface area contributed by atoms with E-state index in [0.29, 0.717) is 5.56 Å². The summed E-state index contributed by atoms with van der Waals surface area (Å²) < 4.78 is 0. The molecule has 0 amide bonds. The number of hydrogen-bond donors (Lipinski definition) is 0. The highest BCUT2D eigenvalue weighted by Crippen LogP contribution is 2.32. The second-order valence-electron chi connectivity index (χ2n) is 3.91. The first-order chi connectivity index (χ1) is 5.41. The summed E-state index contributed by atoms with van der Waals surface area (Å²) in [5.41, 5.74) is 0.354. The second kappa shape index (κ2) is 2.70. The van der Waals surface area contributed by atoms with Gasteiger partial charge in [0.1, 0.15) is 0 Å². The van der Waals surface area contributed by atoms with Crippen LogP contribution < -0.4 is 5.11 Å². The first-order valence-corrected chi connectivity index (χ1v) is 3.90. The SMILES string of the molecule is CC(C)(C)c1cc([O-])ccc1[O]. The van der Waals surface area contributed by atoms with Gasteiger partial charge in [-0.15, -0.1) is 5.75 Å². The predicted molar refractivity (Wildman–Crippen MR) is 44.7 cm³/mol. The summed E-state index contributed by atoms with van der Waals surface area (Å²) in [6.07, 6.45) is 0. The van der Waals surface area contributed by atoms with Crippen molar-refractivity contribution in [1.29, 1.82) is 0 Å². The van der Waals surface area contributed by atoms with E-state index < -0.39 is 0 Å². The molecule has 1 radical (unpaired) electrons. The minimum absolute atomic E-state index is 0.0536. The molecule has 0 saturated carbocycles. The number of rotatable bonds is 0. The summed E-state index contributed by atoms with van der Waals surface area (Å²) in [4.78, 5) is 0. The van der Waals surface area contributed by atoms with E-state index in [1.54, 1.807) is 0 Å². The molecule has 0 aliphatic rings. The maximum Gasteiger partial charge on any atom is 0.182 e. The van der Waals surface area contributed by atoms with Gasteiger partial charge in [-0.25, -0.2) is 0 Å². The van der Waals surface area contributed by atoms with E-state index in [1.165, 1.54) is 18.2 Å². The summed E-state index contributed by atoms with van der Waals surface area (Å²) in [7, 11) is 0. The van der Waals surface area contributed by atoms with E-state index >= 15 is 0 Å². The summed E-state index contributed by atoms with van der Waals surface area (Å²) in [5.74, 6) is -0.151. The van der Waals surface area contributed by atoms with Crippen molar-refractivity contribution in [3.63, 3.8) is 0 Å².